The van der Waals surface area contributed by atoms with Gasteiger partial charge in [-0.15, -0.1) is 10.2 Å². The van der Waals surface area contributed by atoms with Crippen LogP contribution >= 0.6 is 23.4 Å². The normalized spacial score (nSPS) is 13.9. The summed E-state index contributed by atoms with van der Waals surface area (Å²) in [5.74, 6) is 1.14. The minimum absolute atomic E-state index is 0.0129. The fourth-order valence-corrected chi connectivity index (χ4v) is 4.54. The predicted octanol–water partition coefficient (Wildman–Crippen LogP) is 4.36. The molecular formula is C23H26ClN5OS. The van der Waals surface area contributed by atoms with Crippen molar-refractivity contribution in [3.05, 3.63) is 65.2 Å². The summed E-state index contributed by atoms with van der Waals surface area (Å²) in [6.45, 7) is 2.56. The van der Waals surface area contributed by atoms with Crippen LogP contribution in [0.15, 0.2) is 59.8 Å². The van der Waals surface area contributed by atoms with E-state index >= 15 is 0 Å². The summed E-state index contributed by atoms with van der Waals surface area (Å²) in [7, 11) is 0. The Balaban J connectivity index is 1.39. The number of halogens is 1. The average molecular weight is 456 g/mol. The van der Waals surface area contributed by atoms with E-state index in [0.29, 0.717) is 12.3 Å². The van der Waals surface area contributed by atoms with Crippen molar-refractivity contribution in [2.24, 2.45) is 0 Å². The van der Waals surface area contributed by atoms with Gasteiger partial charge >= 0.3 is 0 Å². The van der Waals surface area contributed by atoms with E-state index in [1.54, 1.807) is 0 Å². The summed E-state index contributed by atoms with van der Waals surface area (Å²) in [6, 6.07) is 17.8. The number of para-hydroxylation sites is 1. The van der Waals surface area contributed by atoms with Crippen LogP contribution < -0.4 is 10.2 Å². The summed E-state index contributed by atoms with van der Waals surface area (Å²) in [6.07, 6.45) is 4.36. The summed E-state index contributed by atoms with van der Waals surface area (Å²) >= 11 is 7.33. The van der Waals surface area contributed by atoms with E-state index in [0.717, 1.165) is 46.9 Å². The van der Waals surface area contributed by atoms with Gasteiger partial charge in [-0.1, -0.05) is 53.7 Å². The smallest absolute Gasteiger partial charge is 0.232 e. The number of carbonyl (C=O) groups is 1. The van der Waals surface area contributed by atoms with Gasteiger partial charge in [0, 0.05) is 24.7 Å². The van der Waals surface area contributed by atoms with Crippen LogP contribution in [-0.4, -0.2) is 46.1 Å². The van der Waals surface area contributed by atoms with Crippen LogP contribution in [0.3, 0.4) is 0 Å². The number of carbonyl (C=O) groups excluding carboxylic acids is 1. The van der Waals surface area contributed by atoms with E-state index in [9.17, 15) is 4.79 Å². The molecule has 8 heteroatoms. The van der Waals surface area contributed by atoms with Crippen LogP contribution in [0.2, 0.25) is 5.02 Å². The van der Waals surface area contributed by atoms with E-state index in [1.165, 1.54) is 31.0 Å². The van der Waals surface area contributed by atoms with Crippen molar-refractivity contribution >= 4 is 35.2 Å². The molecule has 0 spiro atoms. The lowest BCUT2D eigenvalue weighted by molar-refractivity contribution is -0.118. The molecule has 162 valence electrons. The maximum Gasteiger partial charge on any atom is 0.232 e. The Labute approximate surface area is 192 Å². The van der Waals surface area contributed by atoms with Gasteiger partial charge in [-0.2, -0.15) is 0 Å². The molecule has 0 unspecified atom stereocenters. The van der Waals surface area contributed by atoms with Crippen LogP contribution in [-0.2, 0) is 11.2 Å². The van der Waals surface area contributed by atoms with E-state index < -0.39 is 0 Å². The lowest BCUT2D eigenvalue weighted by atomic mass is 10.1. The Kier molecular flexibility index (Phi) is 7.48. The van der Waals surface area contributed by atoms with Gasteiger partial charge in [0.2, 0.25) is 11.9 Å². The molecule has 0 aliphatic carbocycles. The third kappa shape index (κ3) is 5.80. The molecular weight excluding hydrogens is 430 g/mol. The molecule has 1 saturated heterocycles. The molecule has 31 heavy (non-hydrogen) atoms. The second kappa shape index (κ2) is 10.7. The number of nitrogens with zero attached hydrogens (tertiary/aromatic N) is 4. The molecule has 1 amide bonds. The van der Waals surface area contributed by atoms with E-state index in [2.05, 4.69) is 25.0 Å². The molecule has 0 atom stereocenters. The number of benzene rings is 2. The van der Waals surface area contributed by atoms with Gasteiger partial charge in [0.1, 0.15) is 0 Å². The van der Waals surface area contributed by atoms with E-state index in [-0.39, 0.29) is 5.91 Å². The highest BCUT2D eigenvalue weighted by Gasteiger charge is 2.21. The van der Waals surface area contributed by atoms with Gasteiger partial charge in [0.15, 0.2) is 5.16 Å². The number of hydrogen-bond donors (Lipinski definition) is 1. The zero-order chi connectivity index (χ0) is 21.5. The lowest BCUT2D eigenvalue weighted by Gasteiger charge is -2.27. The van der Waals surface area contributed by atoms with Crippen molar-refractivity contribution in [3.8, 4) is 5.69 Å². The third-order valence-corrected chi connectivity index (χ3v) is 6.43. The minimum atomic E-state index is -0.0129. The second-order valence-electron chi connectivity index (χ2n) is 7.52. The molecule has 1 aromatic heterocycles. The largest absolute Gasteiger partial charge is 0.355 e. The van der Waals surface area contributed by atoms with Crippen molar-refractivity contribution < 1.29 is 4.79 Å². The van der Waals surface area contributed by atoms with E-state index in [4.69, 9.17) is 11.6 Å². The lowest BCUT2D eigenvalue weighted by Crippen LogP contribution is -2.31. The van der Waals surface area contributed by atoms with Crippen LogP contribution in [0.25, 0.3) is 5.69 Å². The van der Waals surface area contributed by atoms with Crippen LogP contribution in [0, 0.1) is 0 Å². The van der Waals surface area contributed by atoms with Gasteiger partial charge in [-0.05, 0) is 55.5 Å². The monoisotopic (exact) mass is 455 g/mol. The van der Waals surface area contributed by atoms with Gasteiger partial charge in [0.05, 0.1) is 11.4 Å². The van der Waals surface area contributed by atoms with Crippen LogP contribution in [0.1, 0.15) is 24.8 Å². The number of anilines is 1. The number of thioether (sulfide) groups is 1. The van der Waals surface area contributed by atoms with Gasteiger partial charge in [0.25, 0.3) is 0 Å². The molecule has 2 heterocycles. The first kappa shape index (κ1) is 21.7. The maximum atomic E-state index is 12.4. The molecule has 1 aliphatic rings. The molecule has 2 aromatic carbocycles. The highest BCUT2D eigenvalue weighted by atomic mass is 35.5. The molecule has 4 rings (SSSR count). The number of hydrogen-bond acceptors (Lipinski definition) is 5. The second-order valence-corrected chi connectivity index (χ2v) is 8.90. The Hall–Kier alpha value is -2.51. The van der Waals surface area contributed by atoms with Gasteiger partial charge < -0.3 is 10.2 Å². The Morgan fingerprint density at radius 1 is 1.00 bits per heavy atom. The van der Waals surface area contributed by atoms with Crippen LogP contribution in [0.5, 0.6) is 0 Å². The Bertz CT molecular complexity index is 987. The van der Waals surface area contributed by atoms with Crippen molar-refractivity contribution in [1.82, 2.24) is 20.1 Å². The molecule has 1 N–H and O–H groups in total. The van der Waals surface area contributed by atoms with E-state index in [1.807, 2.05) is 54.6 Å². The topological polar surface area (TPSA) is 63.1 Å². The number of aromatic nitrogens is 3. The summed E-state index contributed by atoms with van der Waals surface area (Å²) < 4.78 is 2.07. The Morgan fingerprint density at radius 2 is 1.74 bits per heavy atom. The quantitative estimate of drug-likeness (QED) is 0.511. The van der Waals surface area contributed by atoms with Gasteiger partial charge in [-0.25, -0.2) is 0 Å². The average Bonchev–Trinajstić information content (AvgIpc) is 3.24. The first-order valence-corrected chi connectivity index (χ1v) is 12.0. The molecule has 1 aliphatic heterocycles. The minimum Gasteiger partial charge on any atom is -0.355 e. The number of amides is 1. The molecule has 0 radical (unpaired) electrons. The van der Waals surface area contributed by atoms with Crippen molar-refractivity contribution in [3.63, 3.8) is 0 Å². The van der Waals surface area contributed by atoms with Crippen molar-refractivity contribution in [2.75, 3.05) is 30.3 Å². The highest BCUT2D eigenvalue weighted by molar-refractivity contribution is 7.99. The summed E-state index contributed by atoms with van der Waals surface area (Å²) in [4.78, 5) is 14.7. The first-order chi connectivity index (χ1) is 15.2. The third-order valence-electron chi connectivity index (χ3n) is 5.25. The fourth-order valence-electron chi connectivity index (χ4n) is 3.64. The molecule has 0 saturated carbocycles. The summed E-state index contributed by atoms with van der Waals surface area (Å²) in [5.41, 5.74) is 2.16. The molecule has 1 fully saturated rings. The number of piperidine rings is 1. The Morgan fingerprint density at radius 3 is 2.48 bits per heavy atom. The fraction of sp³-hybridized carbons (Fsp3) is 0.348. The zero-order valence-corrected chi connectivity index (χ0v) is 18.9. The predicted molar refractivity (Wildman–Crippen MR) is 126 cm³/mol. The zero-order valence-electron chi connectivity index (χ0n) is 17.3. The summed E-state index contributed by atoms with van der Waals surface area (Å²) in [5, 5.41) is 13.3. The van der Waals surface area contributed by atoms with Crippen LogP contribution in [0.4, 0.5) is 5.95 Å². The number of nitrogens with one attached hydrogen (secondary N) is 1. The van der Waals surface area contributed by atoms with Gasteiger partial charge in [-0.3, -0.25) is 9.36 Å². The standard InChI is InChI=1S/C23H26ClN5OS/c24-19-11-9-18(10-12-19)13-14-25-21(30)17-31-23-27-26-22(28-15-5-2-6-16-28)29(23)20-7-3-1-4-8-20/h1,3-4,7-12H,2,5-6,13-17H2,(H,25,30). The molecule has 6 nitrogen and oxygen atoms in total. The van der Waals surface area contributed by atoms with Crippen molar-refractivity contribution in [2.45, 2.75) is 30.8 Å². The first-order valence-electron chi connectivity index (χ1n) is 10.6. The molecule has 0 bridgehead atoms. The highest BCUT2D eigenvalue weighted by Crippen LogP contribution is 2.28. The SMILES string of the molecule is O=C(CSc1nnc(N2CCCCC2)n1-c1ccccc1)NCCc1ccc(Cl)cc1. The maximum absolute atomic E-state index is 12.4. The van der Waals surface area contributed by atoms with Crippen molar-refractivity contribution in [1.29, 1.82) is 0 Å². The number of rotatable bonds is 8. The molecule has 3 aromatic rings.